The van der Waals surface area contributed by atoms with Crippen LogP contribution in [0.1, 0.15) is 50.2 Å². The Morgan fingerprint density at radius 2 is 2.12 bits per heavy atom. The van der Waals surface area contributed by atoms with E-state index in [1.165, 1.54) is 12.8 Å². The molecule has 1 aromatic carbocycles. The van der Waals surface area contributed by atoms with Gasteiger partial charge in [0.15, 0.2) is 11.5 Å². The van der Waals surface area contributed by atoms with Gasteiger partial charge in [-0.1, -0.05) is 6.92 Å². The van der Waals surface area contributed by atoms with E-state index in [1.54, 1.807) is 6.07 Å². The summed E-state index contributed by atoms with van der Waals surface area (Å²) >= 11 is 0. The van der Waals surface area contributed by atoms with Crippen molar-refractivity contribution in [2.24, 2.45) is 11.8 Å². The van der Waals surface area contributed by atoms with Crippen LogP contribution >= 0.6 is 0 Å². The molecule has 140 valence electrons. The Bertz CT molecular complexity index is 807. The third-order valence-corrected chi connectivity index (χ3v) is 8.22. The predicted molar refractivity (Wildman–Crippen MR) is 98.4 cm³/mol. The zero-order valence-electron chi connectivity index (χ0n) is 15.4. The summed E-state index contributed by atoms with van der Waals surface area (Å²) < 4.78 is 6.39. The van der Waals surface area contributed by atoms with E-state index in [2.05, 4.69) is 11.8 Å². The summed E-state index contributed by atoms with van der Waals surface area (Å²) in [7, 11) is 0. The predicted octanol–water partition coefficient (Wildman–Crippen LogP) is 2.17. The number of aliphatic hydroxyl groups is 1. The lowest BCUT2D eigenvalue weighted by Crippen LogP contribution is -2.76. The van der Waals surface area contributed by atoms with Gasteiger partial charge in [0.25, 0.3) is 0 Å². The molecule has 2 heterocycles. The number of ether oxygens (including phenoxy) is 1. The van der Waals surface area contributed by atoms with Gasteiger partial charge in [0.05, 0.1) is 11.0 Å². The van der Waals surface area contributed by atoms with Crippen LogP contribution < -0.4 is 10.5 Å². The van der Waals surface area contributed by atoms with Gasteiger partial charge in [0.2, 0.25) is 0 Å². The number of phenols is 1. The molecule has 6 rings (SSSR count). The zero-order valence-corrected chi connectivity index (χ0v) is 15.4. The summed E-state index contributed by atoms with van der Waals surface area (Å²) in [6, 6.07) is 1.76. The highest BCUT2D eigenvalue weighted by atomic mass is 16.5. The molecular weight excluding hydrogens is 328 g/mol. The minimum atomic E-state index is -0.782. The lowest BCUT2D eigenvalue weighted by molar-refractivity contribution is -0.196. The molecule has 5 atom stereocenters. The Kier molecular flexibility index (Phi) is 2.81. The third kappa shape index (κ3) is 1.61. The van der Waals surface area contributed by atoms with Crippen LogP contribution in [-0.4, -0.2) is 45.9 Å². The number of hydrogen-bond acceptors (Lipinski definition) is 5. The Balaban J connectivity index is 1.59. The van der Waals surface area contributed by atoms with E-state index in [9.17, 15) is 10.2 Å². The van der Waals surface area contributed by atoms with Gasteiger partial charge >= 0.3 is 0 Å². The van der Waals surface area contributed by atoms with Gasteiger partial charge in [0, 0.05) is 29.9 Å². The fourth-order valence-electron chi connectivity index (χ4n) is 6.84. The van der Waals surface area contributed by atoms with Crippen LogP contribution in [0, 0.1) is 11.8 Å². The van der Waals surface area contributed by atoms with Gasteiger partial charge in [-0.05, 0) is 62.5 Å². The summed E-state index contributed by atoms with van der Waals surface area (Å²) in [5, 5.41) is 22.7. The Labute approximate surface area is 154 Å². The maximum Gasteiger partial charge on any atom is 0.165 e. The van der Waals surface area contributed by atoms with Gasteiger partial charge in [-0.15, -0.1) is 0 Å². The van der Waals surface area contributed by atoms with Gasteiger partial charge in [0.1, 0.15) is 6.10 Å². The lowest BCUT2D eigenvalue weighted by Gasteiger charge is -2.64. The number of aromatic hydroxyl groups is 1. The van der Waals surface area contributed by atoms with Crippen molar-refractivity contribution in [1.29, 1.82) is 0 Å². The van der Waals surface area contributed by atoms with Crippen LogP contribution in [0.4, 0.5) is 5.69 Å². The average molecular weight is 356 g/mol. The average Bonchev–Trinajstić information content (AvgIpc) is 3.33. The number of rotatable bonds is 2. The van der Waals surface area contributed by atoms with Crippen LogP contribution in [0.25, 0.3) is 0 Å². The van der Waals surface area contributed by atoms with Crippen molar-refractivity contribution in [3.63, 3.8) is 0 Å². The fourth-order valence-corrected chi connectivity index (χ4v) is 6.84. The molecular formula is C21H28N2O3. The fraction of sp³-hybridized carbons (Fsp3) is 0.714. The van der Waals surface area contributed by atoms with Crippen LogP contribution in [0.5, 0.6) is 11.5 Å². The quantitative estimate of drug-likeness (QED) is 0.708. The Morgan fingerprint density at radius 3 is 2.88 bits per heavy atom. The minimum Gasteiger partial charge on any atom is -0.504 e. The van der Waals surface area contributed by atoms with Crippen molar-refractivity contribution in [3.8, 4) is 11.5 Å². The molecule has 2 bridgehead atoms. The van der Waals surface area contributed by atoms with Crippen molar-refractivity contribution in [3.05, 3.63) is 17.2 Å². The molecule has 0 amide bonds. The minimum absolute atomic E-state index is 0.0615. The molecule has 3 aliphatic carbocycles. The molecule has 3 fully saturated rings. The van der Waals surface area contributed by atoms with Crippen LogP contribution in [0.3, 0.4) is 0 Å². The van der Waals surface area contributed by atoms with Gasteiger partial charge in [-0.3, -0.25) is 4.90 Å². The number of hydrogen-bond donors (Lipinski definition) is 3. The maximum absolute atomic E-state index is 12.2. The van der Waals surface area contributed by atoms with E-state index in [0.717, 1.165) is 55.8 Å². The first kappa shape index (κ1) is 15.6. The van der Waals surface area contributed by atoms with E-state index in [-0.39, 0.29) is 17.9 Å². The summed E-state index contributed by atoms with van der Waals surface area (Å²) in [6.45, 7) is 4.33. The highest BCUT2D eigenvalue weighted by molar-refractivity contribution is 5.70. The zero-order chi connectivity index (χ0) is 17.8. The van der Waals surface area contributed by atoms with E-state index < -0.39 is 11.0 Å². The normalized spacial score (nSPS) is 43.1. The molecule has 1 saturated heterocycles. The molecule has 1 spiro atoms. The molecule has 5 nitrogen and oxygen atoms in total. The number of benzene rings is 1. The summed E-state index contributed by atoms with van der Waals surface area (Å²) in [6.07, 6.45) is 6.03. The monoisotopic (exact) mass is 356 g/mol. The lowest BCUT2D eigenvalue weighted by atomic mass is 9.47. The van der Waals surface area contributed by atoms with Crippen molar-refractivity contribution >= 4 is 5.69 Å². The van der Waals surface area contributed by atoms with Crippen molar-refractivity contribution in [2.75, 3.05) is 18.8 Å². The second-order valence-electron chi connectivity index (χ2n) is 9.53. The maximum atomic E-state index is 12.2. The van der Waals surface area contributed by atoms with Gasteiger partial charge in [-0.2, -0.15) is 0 Å². The van der Waals surface area contributed by atoms with Crippen LogP contribution in [0.2, 0.25) is 0 Å². The number of phenolic OH excluding ortho intramolecular Hbond substituents is 1. The molecule has 2 saturated carbocycles. The topological polar surface area (TPSA) is 79.0 Å². The standard InChI is InChI=1S/C21H28N2O3/c1-11-4-5-21(25)16-8-13-14(22)9-15(24)18-17(13)20(21,19(11)26-18)6-7-23(16)10-12-2-3-12/h9,11-12,16,19,24-25H,2-8,10,22H2,1H3/t11-,16+,19-,20-,21+/m0/s1. The summed E-state index contributed by atoms with van der Waals surface area (Å²) in [5.41, 5.74) is 7.99. The Hall–Kier alpha value is -1.46. The molecule has 0 aromatic heterocycles. The first-order valence-electron chi connectivity index (χ1n) is 10.2. The molecule has 5 heteroatoms. The van der Waals surface area contributed by atoms with E-state index in [1.807, 2.05) is 0 Å². The van der Waals surface area contributed by atoms with Crippen LogP contribution in [0.15, 0.2) is 6.07 Å². The number of anilines is 1. The second kappa shape index (κ2) is 4.68. The first-order valence-corrected chi connectivity index (χ1v) is 10.2. The van der Waals surface area contributed by atoms with E-state index in [0.29, 0.717) is 17.4 Å². The van der Waals surface area contributed by atoms with Crippen molar-refractivity contribution < 1.29 is 14.9 Å². The summed E-state index contributed by atoms with van der Waals surface area (Å²) in [5.74, 6) is 1.91. The molecule has 5 aliphatic rings. The number of nitrogens with zero attached hydrogens (tertiary/aromatic N) is 1. The third-order valence-electron chi connectivity index (χ3n) is 8.22. The molecule has 1 aromatic rings. The molecule has 0 radical (unpaired) electrons. The summed E-state index contributed by atoms with van der Waals surface area (Å²) in [4.78, 5) is 2.54. The highest BCUT2D eigenvalue weighted by Gasteiger charge is 2.72. The molecule has 2 aliphatic heterocycles. The molecule has 0 unspecified atom stereocenters. The second-order valence-corrected chi connectivity index (χ2v) is 9.53. The van der Waals surface area contributed by atoms with Gasteiger partial charge < -0.3 is 20.7 Å². The Morgan fingerprint density at radius 1 is 1.31 bits per heavy atom. The van der Waals surface area contributed by atoms with Crippen molar-refractivity contribution in [1.82, 2.24) is 4.90 Å². The number of nitrogen functional groups attached to an aromatic ring is 1. The van der Waals surface area contributed by atoms with E-state index in [4.69, 9.17) is 10.5 Å². The largest absolute Gasteiger partial charge is 0.504 e. The SMILES string of the molecule is C[C@H]1CC[C@@]2(O)[C@H]3Cc4c(N)cc(O)c5c4[C@@]2(CCN3CC2CC2)[C@H]1O5. The molecule has 26 heavy (non-hydrogen) atoms. The number of piperidine rings is 1. The first-order chi connectivity index (χ1) is 12.5. The van der Waals surface area contributed by atoms with Gasteiger partial charge in [-0.25, -0.2) is 0 Å². The van der Waals surface area contributed by atoms with Crippen molar-refractivity contribution in [2.45, 2.75) is 68.6 Å². The number of likely N-dealkylation sites (tertiary alicyclic amines) is 1. The highest BCUT2D eigenvalue weighted by Crippen LogP contribution is 2.67. The molecule has 4 N–H and O–H groups in total. The van der Waals surface area contributed by atoms with Crippen LogP contribution in [-0.2, 0) is 11.8 Å². The number of nitrogens with two attached hydrogens (primary N) is 1. The van der Waals surface area contributed by atoms with E-state index >= 15 is 0 Å². The smallest absolute Gasteiger partial charge is 0.165 e.